The largest absolute Gasteiger partial charge is 0.508 e. The second kappa shape index (κ2) is 17.3. The van der Waals surface area contributed by atoms with E-state index in [1.165, 1.54) is 18.2 Å². The van der Waals surface area contributed by atoms with Crippen molar-refractivity contribution in [3.8, 4) is 34.3 Å². The molecule has 0 radical (unpaired) electrons. The Hall–Kier alpha value is -5.26. The number of nitrogens with zero attached hydrogens (tertiary/aromatic N) is 1. The Balaban J connectivity index is 0.000000321. The van der Waals surface area contributed by atoms with E-state index in [1.807, 2.05) is 25.1 Å². The van der Waals surface area contributed by atoms with E-state index in [1.54, 1.807) is 72.7 Å². The molecule has 12 heteroatoms. The van der Waals surface area contributed by atoms with Gasteiger partial charge in [-0.2, -0.15) is 13.2 Å². The Bertz CT molecular complexity index is 1920. The molecule has 5 rings (SSSR count). The van der Waals surface area contributed by atoms with Crippen LogP contribution >= 0.6 is 0 Å². The van der Waals surface area contributed by atoms with Crippen molar-refractivity contribution in [1.29, 1.82) is 0 Å². The van der Waals surface area contributed by atoms with Gasteiger partial charge < -0.3 is 28.8 Å². The zero-order valence-electron chi connectivity index (χ0n) is 31.9. The lowest BCUT2D eigenvalue weighted by molar-refractivity contribution is -0.159. The molecule has 9 nitrogen and oxygen atoms in total. The van der Waals surface area contributed by atoms with Gasteiger partial charge in [-0.05, 0) is 134 Å². The number of carbonyl (C=O) groups excluding carboxylic acids is 2. The molecular formula is C42H48F3NO8. The second-order valence-corrected chi connectivity index (χ2v) is 13.9. The average molecular weight is 752 g/mol. The number of pyridine rings is 1. The Labute approximate surface area is 314 Å². The van der Waals surface area contributed by atoms with E-state index in [9.17, 15) is 27.9 Å². The molecule has 54 heavy (non-hydrogen) atoms. The third-order valence-corrected chi connectivity index (χ3v) is 8.45. The van der Waals surface area contributed by atoms with Gasteiger partial charge in [0.1, 0.15) is 29.6 Å². The zero-order valence-corrected chi connectivity index (χ0v) is 31.9. The van der Waals surface area contributed by atoms with Crippen LogP contribution in [0.2, 0.25) is 0 Å². The molecule has 0 atom stereocenters. The van der Waals surface area contributed by atoms with Crippen molar-refractivity contribution >= 4 is 11.9 Å². The van der Waals surface area contributed by atoms with Crippen LogP contribution in [0, 0.1) is 13.8 Å². The van der Waals surface area contributed by atoms with Crippen LogP contribution in [-0.2, 0) is 31.8 Å². The first-order valence-corrected chi connectivity index (χ1v) is 17.8. The van der Waals surface area contributed by atoms with Crippen LogP contribution in [0.25, 0.3) is 11.3 Å². The quantitative estimate of drug-likeness (QED) is 0.133. The summed E-state index contributed by atoms with van der Waals surface area (Å²) in [7, 11) is 0. The Morgan fingerprint density at radius 2 is 1.30 bits per heavy atom. The smallest absolute Gasteiger partial charge is 0.416 e. The third kappa shape index (κ3) is 11.1. The van der Waals surface area contributed by atoms with Crippen LogP contribution in [0.5, 0.6) is 23.0 Å². The summed E-state index contributed by atoms with van der Waals surface area (Å²) in [5.74, 6) is 1.42. The van der Waals surface area contributed by atoms with E-state index in [0.717, 1.165) is 47.4 Å². The van der Waals surface area contributed by atoms with Crippen LogP contribution in [0.4, 0.5) is 13.2 Å². The number of hydrogen-bond donors (Lipinski definition) is 1. The summed E-state index contributed by atoms with van der Waals surface area (Å²) in [6.45, 7) is 14.7. The SMILES string of the molecule is CCOC(=O)C(C)(C)Oc1ccc(O)cc1C.CCOC(=O)C(C)(C)Oc1ccc(OCc2ccc(-c3ccc(C(F)(F)F)cc3)nc2C2CC2)cc1C. The number of aryl methyl sites for hydroxylation is 2. The van der Waals surface area contributed by atoms with Crippen molar-refractivity contribution in [3.63, 3.8) is 0 Å². The van der Waals surface area contributed by atoms with E-state index in [-0.39, 0.29) is 12.4 Å². The number of ether oxygens (including phenoxy) is 5. The standard InChI is InChI=1S/C29H30F3NO4.C13H18O4/c1-5-35-27(34)28(3,4)37-25-15-13-23(16-18(25)2)36-17-21-10-14-24(33-26(21)20-6-7-20)19-8-11-22(12-9-19)29(30,31)32;1-5-16-12(15)13(3,4)17-11-7-6-10(14)8-9(11)2/h8-16,20H,5-7,17H2,1-4H3;6-8,14H,5H2,1-4H3. The van der Waals surface area contributed by atoms with Crippen molar-refractivity contribution in [3.05, 3.63) is 101 Å². The van der Waals surface area contributed by atoms with Crippen molar-refractivity contribution < 1.29 is 51.6 Å². The lowest BCUT2D eigenvalue weighted by Crippen LogP contribution is -2.39. The minimum atomic E-state index is -4.37. The first-order chi connectivity index (χ1) is 25.3. The highest BCUT2D eigenvalue weighted by Crippen LogP contribution is 2.42. The van der Waals surface area contributed by atoms with Crippen LogP contribution in [0.3, 0.4) is 0 Å². The molecule has 1 heterocycles. The summed E-state index contributed by atoms with van der Waals surface area (Å²) in [6.07, 6.45) is -2.32. The van der Waals surface area contributed by atoms with Crippen molar-refractivity contribution in [2.24, 2.45) is 0 Å². The topological polar surface area (TPSA) is 113 Å². The molecule has 1 saturated carbocycles. The maximum Gasteiger partial charge on any atom is 0.416 e. The molecule has 0 unspecified atom stereocenters. The van der Waals surface area contributed by atoms with Gasteiger partial charge in [0.05, 0.1) is 30.2 Å². The van der Waals surface area contributed by atoms with Crippen LogP contribution < -0.4 is 14.2 Å². The molecule has 0 saturated heterocycles. The number of hydrogen-bond acceptors (Lipinski definition) is 9. The lowest BCUT2D eigenvalue weighted by Gasteiger charge is -2.25. The summed E-state index contributed by atoms with van der Waals surface area (Å²) in [5, 5.41) is 9.28. The van der Waals surface area contributed by atoms with Gasteiger partial charge >= 0.3 is 18.1 Å². The van der Waals surface area contributed by atoms with Gasteiger partial charge in [0.25, 0.3) is 0 Å². The Morgan fingerprint density at radius 1 is 0.759 bits per heavy atom. The van der Waals surface area contributed by atoms with E-state index >= 15 is 0 Å². The third-order valence-electron chi connectivity index (χ3n) is 8.45. The highest BCUT2D eigenvalue weighted by atomic mass is 19.4. The van der Waals surface area contributed by atoms with Crippen LogP contribution in [-0.4, -0.2) is 46.4 Å². The lowest BCUT2D eigenvalue weighted by atomic mass is 10.0. The molecule has 1 aromatic heterocycles. The number of phenolic OH excluding ortho intramolecular Hbond substituents is 1. The number of aromatic nitrogens is 1. The maximum atomic E-state index is 12.9. The van der Waals surface area contributed by atoms with Gasteiger partial charge in [-0.1, -0.05) is 18.2 Å². The summed E-state index contributed by atoms with van der Waals surface area (Å²) in [4.78, 5) is 28.6. The van der Waals surface area contributed by atoms with E-state index < -0.39 is 34.9 Å². The highest BCUT2D eigenvalue weighted by molar-refractivity contribution is 5.79. The number of alkyl halides is 3. The number of halogens is 3. The predicted octanol–water partition coefficient (Wildman–Crippen LogP) is 9.67. The normalized spacial score (nSPS) is 12.9. The number of aromatic hydroxyl groups is 1. The number of carbonyl (C=O) groups is 2. The molecule has 1 N–H and O–H groups in total. The van der Waals surface area contributed by atoms with Gasteiger partial charge in [-0.25, -0.2) is 9.59 Å². The van der Waals surface area contributed by atoms with E-state index in [0.29, 0.717) is 47.6 Å². The molecule has 4 aromatic rings. The van der Waals surface area contributed by atoms with Crippen LogP contribution in [0.15, 0.2) is 72.8 Å². The first-order valence-electron chi connectivity index (χ1n) is 17.8. The Morgan fingerprint density at radius 3 is 1.78 bits per heavy atom. The maximum absolute atomic E-state index is 12.9. The van der Waals surface area contributed by atoms with Gasteiger partial charge in [0.15, 0.2) is 11.2 Å². The molecule has 0 amide bonds. The molecule has 1 aliphatic rings. The van der Waals surface area contributed by atoms with Crippen LogP contribution in [0.1, 0.15) is 88.2 Å². The van der Waals surface area contributed by atoms with Gasteiger partial charge in [0, 0.05) is 17.0 Å². The zero-order chi connectivity index (χ0) is 39.8. The Kier molecular flexibility index (Phi) is 13.3. The van der Waals surface area contributed by atoms with Gasteiger partial charge in [-0.15, -0.1) is 0 Å². The molecule has 0 bridgehead atoms. The monoisotopic (exact) mass is 751 g/mol. The van der Waals surface area contributed by atoms with Crippen molar-refractivity contribution in [2.75, 3.05) is 13.2 Å². The number of benzene rings is 3. The van der Waals surface area contributed by atoms with Crippen molar-refractivity contribution in [2.45, 2.75) is 98.1 Å². The minimum absolute atomic E-state index is 0.170. The molecular weight excluding hydrogens is 703 g/mol. The fourth-order valence-corrected chi connectivity index (χ4v) is 5.31. The molecule has 0 spiro atoms. The van der Waals surface area contributed by atoms with E-state index in [2.05, 4.69) is 0 Å². The average Bonchev–Trinajstić information content (AvgIpc) is 3.96. The summed E-state index contributed by atoms with van der Waals surface area (Å²) in [6, 6.07) is 18.9. The molecule has 3 aromatic carbocycles. The summed E-state index contributed by atoms with van der Waals surface area (Å²) < 4.78 is 66.3. The minimum Gasteiger partial charge on any atom is -0.508 e. The number of phenols is 1. The van der Waals surface area contributed by atoms with E-state index in [4.69, 9.17) is 28.7 Å². The van der Waals surface area contributed by atoms with Gasteiger partial charge in [-0.3, -0.25) is 4.98 Å². The summed E-state index contributed by atoms with van der Waals surface area (Å²) in [5.41, 5.74) is 1.88. The molecule has 290 valence electrons. The van der Waals surface area contributed by atoms with Gasteiger partial charge in [0.2, 0.25) is 0 Å². The molecule has 1 aliphatic carbocycles. The fourth-order valence-electron chi connectivity index (χ4n) is 5.31. The summed E-state index contributed by atoms with van der Waals surface area (Å²) >= 11 is 0. The fraction of sp³-hybridized carbons (Fsp3) is 0.405. The second-order valence-electron chi connectivity index (χ2n) is 13.9. The number of esters is 2. The highest BCUT2D eigenvalue weighted by Gasteiger charge is 2.34. The number of rotatable bonds is 13. The first kappa shape index (κ1) is 41.5. The molecule has 1 fully saturated rings. The van der Waals surface area contributed by atoms with Crippen molar-refractivity contribution in [1.82, 2.24) is 4.98 Å². The molecule has 0 aliphatic heterocycles. The predicted molar refractivity (Wildman–Crippen MR) is 198 cm³/mol.